The monoisotopic (exact) mass is 496 g/mol. The third kappa shape index (κ3) is 5.07. The van der Waals surface area contributed by atoms with Crippen molar-refractivity contribution in [1.82, 2.24) is 15.5 Å². The third-order valence-corrected chi connectivity index (χ3v) is 7.81. The molecule has 0 aromatic heterocycles. The summed E-state index contributed by atoms with van der Waals surface area (Å²) in [6.45, 7) is 3.51. The van der Waals surface area contributed by atoms with E-state index in [0.717, 1.165) is 0 Å². The van der Waals surface area contributed by atoms with Gasteiger partial charge in [0.25, 0.3) is 0 Å². The number of hydrogen-bond donors (Lipinski definition) is 3. The van der Waals surface area contributed by atoms with Crippen LogP contribution in [0.1, 0.15) is 38.3 Å². The standard InChI is InChI=1S/C25H26N3O6S/c1-25(2)20(24(33)34)28-22(32)19(23(28)35-25)27-21(31)18(15-10-4-3-5-11-15)26-17(30)13-12-16(29)14-8-6-7-9-14/h3-11,18-20,23H,12-13H2,1-2H3,(H,26,30)(H,27,31)(H,33,34)/t18-,19-,20+,23-/m1/s1. The minimum Gasteiger partial charge on any atom is -0.480 e. The van der Waals surface area contributed by atoms with Crippen molar-refractivity contribution in [1.29, 1.82) is 0 Å². The zero-order valence-electron chi connectivity index (χ0n) is 19.3. The Hall–Kier alpha value is -2.88. The van der Waals surface area contributed by atoms with Crippen LogP contribution in [0.5, 0.6) is 0 Å². The van der Waals surface area contributed by atoms with Crippen LogP contribution in [0.2, 0.25) is 0 Å². The molecule has 2 aliphatic heterocycles. The van der Waals surface area contributed by atoms with E-state index in [-0.39, 0.29) is 18.6 Å². The molecule has 4 atom stereocenters. The number of carboxylic acids is 1. The highest BCUT2D eigenvalue weighted by molar-refractivity contribution is 8.01. The molecular formula is C25H26N3O6S. The van der Waals surface area contributed by atoms with E-state index in [2.05, 4.69) is 10.6 Å². The van der Waals surface area contributed by atoms with Gasteiger partial charge in [-0.25, -0.2) is 4.79 Å². The summed E-state index contributed by atoms with van der Waals surface area (Å²) in [5, 5.41) is 14.5. The Morgan fingerprint density at radius 3 is 2.37 bits per heavy atom. The number of β-lactam (4-membered cyclic amide) rings is 1. The SMILES string of the molecule is CC1(C)S[C@@H]2[C@H](NC(=O)[C@H](NC(=O)CCC(=O)[C]3[CH][CH][CH][CH]3)c3ccccc3)C(=O)N2[C@H]1C(=O)O. The number of carboxylic acid groups (broad SMARTS) is 1. The molecule has 1 aliphatic carbocycles. The number of amides is 3. The summed E-state index contributed by atoms with van der Waals surface area (Å²) in [7, 11) is 0. The highest BCUT2D eigenvalue weighted by atomic mass is 32.2. The Bertz CT molecular complexity index is 1020. The van der Waals surface area contributed by atoms with E-state index < -0.39 is 51.9 Å². The predicted octanol–water partition coefficient (Wildman–Crippen LogP) is 1.23. The quantitative estimate of drug-likeness (QED) is 0.438. The molecule has 3 N–H and O–H groups in total. The first-order valence-electron chi connectivity index (χ1n) is 11.2. The van der Waals surface area contributed by atoms with Crippen molar-refractivity contribution in [2.24, 2.45) is 0 Å². The number of aliphatic carboxylic acids is 1. The lowest BCUT2D eigenvalue weighted by atomic mass is 9.95. The molecule has 5 radical (unpaired) electrons. The molecule has 1 saturated carbocycles. The first-order valence-corrected chi connectivity index (χ1v) is 12.1. The number of thioether (sulfide) groups is 1. The van der Waals surface area contributed by atoms with Gasteiger partial charge in [0, 0.05) is 23.5 Å². The topological polar surface area (TPSA) is 133 Å². The summed E-state index contributed by atoms with van der Waals surface area (Å²) < 4.78 is -0.715. The van der Waals surface area contributed by atoms with Crippen molar-refractivity contribution in [3.05, 3.63) is 67.5 Å². The molecule has 4 rings (SSSR count). The maximum absolute atomic E-state index is 13.2. The van der Waals surface area contributed by atoms with E-state index in [1.54, 1.807) is 69.9 Å². The molecule has 0 spiro atoms. The molecule has 3 fully saturated rings. The van der Waals surface area contributed by atoms with Gasteiger partial charge >= 0.3 is 5.97 Å². The average molecular weight is 497 g/mol. The van der Waals surface area contributed by atoms with Crippen LogP contribution < -0.4 is 10.6 Å². The van der Waals surface area contributed by atoms with Crippen LogP contribution in [-0.4, -0.2) is 61.7 Å². The van der Waals surface area contributed by atoms with Crippen molar-refractivity contribution in [2.75, 3.05) is 0 Å². The largest absolute Gasteiger partial charge is 0.480 e. The van der Waals surface area contributed by atoms with Crippen LogP contribution >= 0.6 is 11.8 Å². The van der Waals surface area contributed by atoms with Gasteiger partial charge in [-0.2, -0.15) is 0 Å². The molecular weight excluding hydrogens is 470 g/mol. The van der Waals surface area contributed by atoms with Crippen LogP contribution in [0.15, 0.2) is 30.3 Å². The molecule has 183 valence electrons. The first-order chi connectivity index (χ1) is 16.6. The minimum atomic E-state index is -1.09. The molecule has 9 nitrogen and oxygen atoms in total. The van der Waals surface area contributed by atoms with Crippen LogP contribution in [0.25, 0.3) is 0 Å². The van der Waals surface area contributed by atoms with E-state index in [1.165, 1.54) is 16.7 Å². The van der Waals surface area contributed by atoms with Crippen LogP contribution in [0.3, 0.4) is 0 Å². The number of benzene rings is 1. The fraction of sp³-hybridized carbons (Fsp3) is 0.360. The number of nitrogens with zero attached hydrogens (tertiary/aromatic N) is 1. The number of Topliss-reactive ketones (excluding diaryl/α,β-unsaturated/α-hetero) is 1. The number of nitrogens with one attached hydrogen (secondary N) is 2. The fourth-order valence-electron chi connectivity index (χ4n) is 4.49. The minimum absolute atomic E-state index is 0.000576. The van der Waals surface area contributed by atoms with Crippen LogP contribution in [0, 0.1) is 31.6 Å². The predicted molar refractivity (Wildman–Crippen MR) is 128 cm³/mol. The van der Waals surface area contributed by atoms with Gasteiger partial charge in [0.2, 0.25) is 17.7 Å². The summed E-state index contributed by atoms with van der Waals surface area (Å²) >= 11 is 1.32. The van der Waals surface area contributed by atoms with Gasteiger partial charge in [0.15, 0.2) is 0 Å². The molecule has 0 bridgehead atoms. The number of carbonyl (C=O) groups excluding carboxylic acids is 4. The molecule has 0 unspecified atom stereocenters. The Balaban J connectivity index is 1.41. The fourth-order valence-corrected chi connectivity index (χ4v) is 6.12. The zero-order chi connectivity index (χ0) is 25.3. The van der Waals surface area contributed by atoms with E-state index >= 15 is 0 Å². The molecule has 10 heteroatoms. The Morgan fingerprint density at radius 1 is 1.09 bits per heavy atom. The lowest BCUT2D eigenvalue weighted by Crippen LogP contribution is -2.71. The number of hydrogen-bond acceptors (Lipinski definition) is 6. The van der Waals surface area contributed by atoms with Gasteiger partial charge in [-0.05, 0) is 45.1 Å². The van der Waals surface area contributed by atoms with Crippen molar-refractivity contribution in [3.8, 4) is 0 Å². The number of fused-ring (bicyclic) bond motifs is 1. The third-order valence-electron chi connectivity index (χ3n) is 6.24. The Labute approximate surface area is 208 Å². The summed E-state index contributed by atoms with van der Waals surface area (Å²) in [5.74, 6) is -2.25. The zero-order valence-corrected chi connectivity index (χ0v) is 20.1. The van der Waals surface area contributed by atoms with E-state index in [9.17, 15) is 29.1 Å². The number of rotatable bonds is 9. The molecule has 2 heterocycles. The Kier molecular flexibility index (Phi) is 7.21. The van der Waals surface area contributed by atoms with Gasteiger partial charge in [0.1, 0.15) is 29.3 Å². The molecule has 3 amide bonds. The van der Waals surface area contributed by atoms with E-state index in [4.69, 9.17) is 0 Å². The smallest absolute Gasteiger partial charge is 0.327 e. The molecule has 1 aromatic carbocycles. The second-order valence-electron chi connectivity index (χ2n) is 9.09. The first kappa shape index (κ1) is 25.2. The molecule has 1 aromatic rings. The van der Waals surface area contributed by atoms with Crippen molar-refractivity contribution in [3.63, 3.8) is 0 Å². The summed E-state index contributed by atoms with van der Waals surface area (Å²) in [5.41, 5.74) is 0.521. The van der Waals surface area contributed by atoms with Gasteiger partial charge in [-0.1, -0.05) is 30.3 Å². The highest BCUT2D eigenvalue weighted by Gasteiger charge is 2.64. The van der Waals surface area contributed by atoms with Gasteiger partial charge in [-0.3, -0.25) is 19.2 Å². The van der Waals surface area contributed by atoms with Gasteiger partial charge < -0.3 is 20.6 Å². The van der Waals surface area contributed by atoms with E-state index in [1.807, 2.05) is 0 Å². The number of carbonyl (C=O) groups is 5. The summed E-state index contributed by atoms with van der Waals surface area (Å²) in [6, 6.07) is 5.64. The lowest BCUT2D eigenvalue weighted by Gasteiger charge is -2.44. The van der Waals surface area contributed by atoms with Crippen molar-refractivity contribution in [2.45, 2.75) is 54.9 Å². The normalized spacial score (nSPS) is 25.9. The van der Waals surface area contributed by atoms with Crippen LogP contribution in [-0.2, 0) is 24.0 Å². The molecule has 35 heavy (non-hydrogen) atoms. The van der Waals surface area contributed by atoms with E-state index in [0.29, 0.717) is 11.5 Å². The second kappa shape index (κ2) is 10.0. The second-order valence-corrected chi connectivity index (χ2v) is 10.9. The summed E-state index contributed by atoms with van der Waals surface area (Å²) in [4.78, 5) is 63.9. The maximum Gasteiger partial charge on any atom is 0.327 e. The Morgan fingerprint density at radius 2 is 1.74 bits per heavy atom. The summed E-state index contributed by atoms with van der Waals surface area (Å²) in [6.07, 6.45) is 6.75. The molecule has 2 saturated heterocycles. The van der Waals surface area contributed by atoms with Gasteiger partial charge in [0.05, 0.1) is 0 Å². The highest BCUT2D eigenvalue weighted by Crippen LogP contribution is 2.50. The van der Waals surface area contributed by atoms with Crippen LogP contribution in [0.4, 0.5) is 0 Å². The lowest BCUT2D eigenvalue weighted by molar-refractivity contribution is -0.161. The molecule has 3 aliphatic rings. The van der Waals surface area contributed by atoms with Crippen molar-refractivity contribution >= 4 is 41.2 Å². The average Bonchev–Trinajstić information content (AvgIpc) is 3.44. The number of ketones is 1. The van der Waals surface area contributed by atoms with Crippen molar-refractivity contribution < 1.29 is 29.1 Å². The maximum atomic E-state index is 13.2. The van der Waals surface area contributed by atoms with Gasteiger partial charge in [-0.15, -0.1) is 11.8 Å².